The molecule has 2 aromatic rings. The SMILES string of the molecule is COc1ccc2c(c1)nc(CCNC(C)C)n2C. The molecule has 18 heavy (non-hydrogen) atoms. The molecule has 0 saturated heterocycles. The molecule has 1 aromatic carbocycles. The molecule has 0 aliphatic heterocycles. The summed E-state index contributed by atoms with van der Waals surface area (Å²) in [5.74, 6) is 1.96. The van der Waals surface area contributed by atoms with E-state index in [1.54, 1.807) is 7.11 Å². The maximum absolute atomic E-state index is 5.22. The van der Waals surface area contributed by atoms with Gasteiger partial charge in [0.1, 0.15) is 11.6 Å². The zero-order chi connectivity index (χ0) is 13.1. The Balaban J connectivity index is 2.21. The molecule has 0 spiro atoms. The van der Waals surface area contributed by atoms with Crippen LogP contribution in [0.2, 0.25) is 0 Å². The predicted molar refractivity (Wildman–Crippen MR) is 74.1 cm³/mol. The van der Waals surface area contributed by atoms with E-state index in [4.69, 9.17) is 4.74 Å². The number of aromatic nitrogens is 2. The van der Waals surface area contributed by atoms with E-state index in [0.717, 1.165) is 35.6 Å². The van der Waals surface area contributed by atoms with Gasteiger partial charge in [0.05, 0.1) is 18.1 Å². The molecular weight excluding hydrogens is 226 g/mol. The molecule has 0 aliphatic rings. The van der Waals surface area contributed by atoms with Gasteiger partial charge in [-0.15, -0.1) is 0 Å². The summed E-state index contributed by atoms with van der Waals surface area (Å²) in [5.41, 5.74) is 2.15. The number of methoxy groups -OCH3 is 1. The lowest BCUT2D eigenvalue weighted by atomic mass is 10.3. The molecule has 1 heterocycles. The van der Waals surface area contributed by atoms with Crippen molar-refractivity contribution in [2.24, 2.45) is 7.05 Å². The summed E-state index contributed by atoms with van der Waals surface area (Å²) in [7, 11) is 3.74. The lowest BCUT2D eigenvalue weighted by Gasteiger charge is -2.07. The maximum Gasteiger partial charge on any atom is 0.121 e. The first kappa shape index (κ1) is 12.9. The topological polar surface area (TPSA) is 39.1 Å². The second kappa shape index (κ2) is 5.40. The highest BCUT2D eigenvalue weighted by Crippen LogP contribution is 2.20. The summed E-state index contributed by atoms with van der Waals surface area (Å²) in [6, 6.07) is 6.52. The summed E-state index contributed by atoms with van der Waals surface area (Å²) >= 11 is 0. The van der Waals surface area contributed by atoms with Crippen LogP contribution < -0.4 is 10.1 Å². The second-order valence-electron chi connectivity index (χ2n) is 4.80. The van der Waals surface area contributed by atoms with Gasteiger partial charge < -0.3 is 14.6 Å². The van der Waals surface area contributed by atoms with Crippen LogP contribution in [0, 0.1) is 0 Å². The van der Waals surface area contributed by atoms with Crippen LogP contribution >= 0.6 is 0 Å². The van der Waals surface area contributed by atoms with Crippen molar-refractivity contribution in [2.75, 3.05) is 13.7 Å². The molecular formula is C14H21N3O. The smallest absolute Gasteiger partial charge is 0.121 e. The van der Waals surface area contributed by atoms with Gasteiger partial charge >= 0.3 is 0 Å². The lowest BCUT2D eigenvalue weighted by Crippen LogP contribution is -2.25. The van der Waals surface area contributed by atoms with E-state index < -0.39 is 0 Å². The standard InChI is InChI=1S/C14H21N3O/c1-10(2)15-8-7-14-16-12-9-11(18-4)5-6-13(12)17(14)3/h5-6,9-10,15H,7-8H2,1-4H3. The Hall–Kier alpha value is -1.55. The number of hydrogen-bond donors (Lipinski definition) is 1. The minimum Gasteiger partial charge on any atom is -0.497 e. The number of ether oxygens (including phenoxy) is 1. The van der Waals surface area contributed by atoms with Gasteiger partial charge in [-0.3, -0.25) is 0 Å². The van der Waals surface area contributed by atoms with E-state index in [1.165, 1.54) is 0 Å². The van der Waals surface area contributed by atoms with Crippen molar-refractivity contribution in [1.82, 2.24) is 14.9 Å². The number of hydrogen-bond acceptors (Lipinski definition) is 3. The predicted octanol–water partition coefficient (Wildman–Crippen LogP) is 2.12. The molecule has 2 rings (SSSR count). The van der Waals surface area contributed by atoms with Crippen LogP contribution in [0.4, 0.5) is 0 Å². The van der Waals surface area contributed by atoms with Gasteiger partial charge in [0.25, 0.3) is 0 Å². The van der Waals surface area contributed by atoms with Gasteiger partial charge in [-0.05, 0) is 12.1 Å². The molecule has 0 saturated carbocycles. The zero-order valence-electron chi connectivity index (χ0n) is 11.5. The third kappa shape index (κ3) is 2.64. The number of imidazole rings is 1. The summed E-state index contributed by atoms with van der Waals surface area (Å²) < 4.78 is 7.37. The van der Waals surface area contributed by atoms with Crippen molar-refractivity contribution < 1.29 is 4.74 Å². The first-order chi connectivity index (χ1) is 8.61. The van der Waals surface area contributed by atoms with Crippen molar-refractivity contribution in [3.8, 4) is 5.75 Å². The number of benzene rings is 1. The van der Waals surface area contributed by atoms with E-state index in [9.17, 15) is 0 Å². The first-order valence-corrected chi connectivity index (χ1v) is 6.34. The molecule has 4 heteroatoms. The number of nitrogens with one attached hydrogen (secondary N) is 1. The second-order valence-corrected chi connectivity index (χ2v) is 4.80. The van der Waals surface area contributed by atoms with Crippen LogP contribution in [-0.4, -0.2) is 29.2 Å². The molecule has 0 amide bonds. The quantitative estimate of drug-likeness (QED) is 0.879. The molecule has 0 aliphatic carbocycles. The zero-order valence-corrected chi connectivity index (χ0v) is 11.5. The van der Waals surface area contributed by atoms with Crippen LogP contribution in [0.5, 0.6) is 5.75 Å². The van der Waals surface area contributed by atoms with E-state index in [1.807, 2.05) is 12.1 Å². The molecule has 98 valence electrons. The summed E-state index contributed by atoms with van der Waals surface area (Å²) in [5, 5.41) is 3.41. The monoisotopic (exact) mass is 247 g/mol. The molecule has 0 radical (unpaired) electrons. The lowest BCUT2D eigenvalue weighted by molar-refractivity contribution is 0.415. The van der Waals surface area contributed by atoms with Gasteiger partial charge in [-0.1, -0.05) is 13.8 Å². The third-order valence-corrected chi connectivity index (χ3v) is 3.08. The number of fused-ring (bicyclic) bond motifs is 1. The highest BCUT2D eigenvalue weighted by Gasteiger charge is 2.08. The van der Waals surface area contributed by atoms with Crippen LogP contribution in [-0.2, 0) is 13.5 Å². The van der Waals surface area contributed by atoms with Crippen molar-refractivity contribution in [2.45, 2.75) is 26.3 Å². The average Bonchev–Trinajstić information content (AvgIpc) is 2.65. The minimum atomic E-state index is 0.514. The van der Waals surface area contributed by atoms with Crippen LogP contribution in [0.25, 0.3) is 11.0 Å². The van der Waals surface area contributed by atoms with Crippen molar-refractivity contribution in [3.05, 3.63) is 24.0 Å². The fraction of sp³-hybridized carbons (Fsp3) is 0.500. The number of aryl methyl sites for hydroxylation is 1. The van der Waals surface area contributed by atoms with Crippen LogP contribution in [0.1, 0.15) is 19.7 Å². The highest BCUT2D eigenvalue weighted by molar-refractivity contribution is 5.77. The van der Waals surface area contributed by atoms with E-state index >= 15 is 0 Å². The molecule has 0 atom stereocenters. The summed E-state index contributed by atoms with van der Waals surface area (Å²) in [4.78, 5) is 4.66. The number of nitrogens with zero attached hydrogens (tertiary/aromatic N) is 2. The van der Waals surface area contributed by atoms with Gasteiger partial charge in [0.15, 0.2) is 0 Å². The Morgan fingerprint density at radius 2 is 2.17 bits per heavy atom. The van der Waals surface area contributed by atoms with Crippen molar-refractivity contribution in [1.29, 1.82) is 0 Å². The highest BCUT2D eigenvalue weighted by atomic mass is 16.5. The average molecular weight is 247 g/mol. The Bertz CT molecular complexity index is 531. The Morgan fingerprint density at radius 3 is 2.83 bits per heavy atom. The molecule has 0 fully saturated rings. The van der Waals surface area contributed by atoms with E-state index in [2.05, 4.69) is 41.8 Å². The molecule has 1 N–H and O–H groups in total. The van der Waals surface area contributed by atoms with Gasteiger partial charge in [0, 0.05) is 32.1 Å². The summed E-state index contributed by atoms with van der Waals surface area (Å²) in [6.07, 6.45) is 0.936. The van der Waals surface area contributed by atoms with Crippen molar-refractivity contribution >= 4 is 11.0 Å². The van der Waals surface area contributed by atoms with Gasteiger partial charge in [-0.2, -0.15) is 0 Å². The third-order valence-electron chi connectivity index (χ3n) is 3.08. The molecule has 0 bridgehead atoms. The fourth-order valence-electron chi connectivity index (χ4n) is 2.05. The van der Waals surface area contributed by atoms with E-state index in [0.29, 0.717) is 6.04 Å². The van der Waals surface area contributed by atoms with Gasteiger partial charge in [0.2, 0.25) is 0 Å². The molecule has 1 aromatic heterocycles. The van der Waals surface area contributed by atoms with Crippen LogP contribution in [0.3, 0.4) is 0 Å². The largest absolute Gasteiger partial charge is 0.497 e. The van der Waals surface area contributed by atoms with Gasteiger partial charge in [-0.25, -0.2) is 4.98 Å². The molecule has 0 unspecified atom stereocenters. The Labute approximate surface area is 108 Å². The van der Waals surface area contributed by atoms with Crippen molar-refractivity contribution in [3.63, 3.8) is 0 Å². The van der Waals surface area contributed by atoms with E-state index in [-0.39, 0.29) is 0 Å². The summed E-state index contributed by atoms with van der Waals surface area (Å²) in [6.45, 7) is 5.26. The Kier molecular flexibility index (Phi) is 3.87. The fourth-order valence-corrected chi connectivity index (χ4v) is 2.05. The maximum atomic E-state index is 5.22. The Morgan fingerprint density at radius 1 is 1.39 bits per heavy atom. The normalized spacial score (nSPS) is 11.4. The van der Waals surface area contributed by atoms with Crippen LogP contribution in [0.15, 0.2) is 18.2 Å². The number of rotatable bonds is 5. The first-order valence-electron chi connectivity index (χ1n) is 6.34. The molecule has 4 nitrogen and oxygen atoms in total. The minimum absolute atomic E-state index is 0.514.